The Bertz CT molecular complexity index is 1970. The van der Waals surface area contributed by atoms with Crippen LogP contribution in [0, 0.1) is 0 Å². The predicted molar refractivity (Wildman–Crippen MR) is 157 cm³/mol. The Hall–Kier alpha value is -5.35. The monoisotopic (exact) mass is 502 g/mol. The first-order valence-electron chi connectivity index (χ1n) is 12.8. The lowest BCUT2D eigenvalue weighted by atomic mass is 9.95. The van der Waals surface area contributed by atoms with Gasteiger partial charge in [-0.15, -0.1) is 0 Å². The summed E-state index contributed by atoms with van der Waals surface area (Å²) in [6.45, 7) is 0. The standard InChI is InChI=1S/C35H22N2O2/c38-34-28-17-9-10-18-32(28)39-33-20-19-25(21-29(33)34)26-15-7-8-16-27(26)31-22-30(23-11-3-1-4-12-23)36-35(37-31)24-13-5-2-6-14-24/h1-22H. The third kappa shape index (κ3) is 4.18. The zero-order valence-electron chi connectivity index (χ0n) is 20.9. The quantitative estimate of drug-likeness (QED) is 0.227. The van der Waals surface area contributed by atoms with E-state index in [1.165, 1.54) is 0 Å². The van der Waals surface area contributed by atoms with Gasteiger partial charge >= 0.3 is 0 Å². The number of benzene rings is 5. The molecule has 4 nitrogen and oxygen atoms in total. The van der Waals surface area contributed by atoms with Crippen LogP contribution < -0.4 is 5.43 Å². The minimum atomic E-state index is -0.0362. The van der Waals surface area contributed by atoms with Crippen molar-refractivity contribution in [3.63, 3.8) is 0 Å². The van der Waals surface area contributed by atoms with Crippen LogP contribution >= 0.6 is 0 Å². The molecule has 0 aliphatic heterocycles. The van der Waals surface area contributed by atoms with E-state index in [1.807, 2.05) is 103 Å². The van der Waals surface area contributed by atoms with Crippen LogP contribution in [0.2, 0.25) is 0 Å². The highest BCUT2D eigenvalue weighted by atomic mass is 16.3. The van der Waals surface area contributed by atoms with Crippen LogP contribution in [-0.2, 0) is 0 Å². The summed E-state index contributed by atoms with van der Waals surface area (Å²) in [5.74, 6) is 0.660. The van der Waals surface area contributed by atoms with Crippen molar-refractivity contribution in [1.82, 2.24) is 9.97 Å². The highest BCUT2D eigenvalue weighted by Crippen LogP contribution is 2.35. The number of fused-ring (bicyclic) bond motifs is 2. The molecule has 0 aliphatic carbocycles. The summed E-state index contributed by atoms with van der Waals surface area (Å²) in [6, 6.07) is 43.5. The highest BCUT2D eigenvalue weighted by molar-refractivity contribution is 5.94. The van der Waals surface area contributed by atoms with Gasteiger partial charge in [0.25, 0.3) is 0 Å². The molecule has 0 unspecified atom stereocenters. The molecule has 2 aromatic heterocycles. The second-order valence-electron chi connectivity index (χ2n) is 9.38. The molecule has 0 fully saturated rings. The molecule has 0 radical (unpaired) electrons. The molecule has 0 N–H and O–H groups in total. The third-order valence-corrected chi connectivity index (χ3v) is 6.92. The van der Waals surface area contributed by atoms with Gasteiger partial charge in [0.1, 0.15) is 11.2 Å². The lowest BCUT2D eigenvalue weighted by Crippen LogP contribution is -2.02. The second-order valence-corrected chi connectivity index (χ2v) is 9.38. The molecule has 0 saturated carbocycles. The maximum atomic E-state index is 13.3. The van der Waals surface area contributed by atoms with Crippen molar-refractivity contribution in [2.75, 3.05) is 0 Å². The van der Waals surface area contributed by atoms with Gasteiger partial charge in [-0.05, 0) is 41.5 Å². The maximum Gasteiger partial charge on any atom is 0.200 e. The van der Waals surface area contributed by atoms with Crippen LogP contribution in [0.1, 0.15) is 0 Å². The normalized spacial score (nSPS) is 11.2. The molecular weight excluding hydrogens is 480 g/mol. The number of aromatic nitrogens is 2. The Morgan fingerprint density at radius 3 is 1.87 bits per heavy atom. The maximum absolute atomic E-state index is 13.3. The minimum absolute atomic E-state index is 0.0362. The number of nitrogens with zero attached hydrogens (tertiary/aromatic N) is 2. The van der Waals surface area contributed by atoms with E-state index in [9.17, 15) is 4.79 Å². The van der Waals surface area contributed by atoms with Gasteiger partial charge in [0.15, 0.2) is 5.82 Å². The predicted octanol–water partition coefficient (Wildman–Crippen LogP) is 8.40. The summed E-state index contributed by atoms with van der Waals surface area (Å²) >= 11 is 0. The zero-order chi connectivity index (χ0) is 26.2. The first kappa shape index (κ1) is 22.8. The number of hydrogen-bond acceptors (Lipinski definition) is 4. The van der Waals surface area contributed by atoms with Crippen molar-refractivity contribution in [1.29, 1.82) is 0 Å². The molecule has 0 aliphatic rings. The molecule has 2 heterocycles. The van der Waals surface area contributed by atoms with Crippen LogP contribution in [0.3, 0.4) is 0 Å². The van der Waals surface area contributed by atoms with Crippen LogP contribution in [0.5, 0.6) is 0 Å². The fraction of sp³-hybridized carbons (Fsp3) is 0. The Morgan fingerprint density at radius 2 is 1.08 bits per heavy atom. The average molecular weight is 503 g/mol. The van der Waals surface area contributed by atoms with Gasteiger partial charge in [0, 0.05) is 16.7 Å². The van der Waals surface area contributed by atoms with Crippen molar-refractivity contribution in [2.24, 2.45) is 0 Å². The first-order valence-corrected chi connectivity index (χ1v) is 12.8. The SMILES string of the molecule is O=c1c2ccccc2oc2ccc(-c3ccccc3-c3cc(-c4ccccc4)nc(-c4ccccc4)n3)cc12. The van der Waals surface area contributed by atoms with Gasteiger partial charge < -0.3 is 4.42 Å². The summed E-state index contributed by atoms with van der Waals surface area (Å²) in [6.07, 6.45) is 0. The fourth-order valence-corrected chi connectivity index (χ4v) is 4.99. The van der Waals surface area contributed by atoms with E-state index in [0.29, 0.717) is 27.8 Å². The summed E-state index contributed by atoms with van der Waals surface area (Å²) in [5.41, 5.74) is 7.60. The van der Waals surface area contributed by atoms with E-state index in [0.717, 1.165) is 39.2 Å². The minimum Gasteiger partial charge on any atom is -0.456 e. The Balaban J connectivity index is 1.44. The van der Waals surface area contributed by atoms with Crippen molar-refractivity contribution >= 4 is 21.9 Å². The van der Waals surface area contributed by atoms with Crippen LogP contribution in [0.15, 0.2) is 143 Å². The van der Waals surface area contributed by atoms with E-state index in [2.05, 4.69) is 24.3 Å². The average Bonchev–Trinajstić information content (AvgIpc) is 3.02. The van der Waals surface area contributed by atoms with Gasteiger partial charge in [-0.2, -0.15) is 0 Å². The van der Waals surface area contributed by atoms with E-state index in [1.54, 1.807) is 6.07 Å². The van der Waals surface area contributed by atoms with Crippen LogP contribution in [-0.4, -0.2) is 9.97 Å². The van der Waals surface area contributed by atoms with E-state index in [4.69, 9.17) is 14.4 Å². The van der Waals surface area contributed by atoms with E-state index in [-0.39, 0.29) is 5.43 Å². The van der Waals surface area contributed by atoms with E-state index < -0.39 is 0 Å². The largest absolute Gasteiger partial charge is 0.456 e. The second kappa shape index (κ2) is 9.51. The fourth-order valence-electron chi connectivity index (χ4n) is 4.99. The molecule has 5 aromatic carbocycles. The Morgan fingerprint density at radius 1 is 0.462 bits per heavy atom. The van der Waals surface area contributed by atoms with Crippen molar-refractivity contribution in [2.45, 2.75) is 0 Å². The summed E-state index contributed by atoms with van der Waals surface area (Å²) in [7, 11) is 0. The lowest BCUT2D eigenvalue weighted by Gasteiger charge is -2.13. The van der Waals surface area contributed by atoms with Gasteiger partial charge in [0.2, 0.25) is 5.43 Å². The topological polar surface area (TPSA) is 56.0 Å². The molecule has 0 atom stereocenters. The Labute approximate surface area is 224 Å². The van der Waals surface area contributed by atoms with Gasteiger partial charge in [-0.25, -0.2) is 9.97 Å². The summed E-state index contributed by atoms with van der Waals surface area (Å²) in [5, 5.41) is 1.13. The molecular formula is C35H22N2O2. The lowest BCUT2D eigenvalue weighted by molar-refractivity contribution is 0.660. The number of hydrogen-bond donors (Lipinski definition) is 0. The van der Waals surface area contributed by atoms with Crippen LogP contribution in [0.4, 0.5) is 0 Å². The number of rotatable bonds is 4. The summed E-state index contributed by atoms with van der Waals surface area (Å²) in [4.78, 5) is 23.3. The molecule has 7 rings (SSSR count). The van der Waals surface area contributed by atoms with Gasteiger partial charge in [-0.3, -0.25) is 4.79 Å². The molecule has 39 heavy (non-hydrogen) atoms. The molecule has 4 heteroatoms. The Kier molecular flexibility index (Phi) is 5.56. The van der Waals surface area contributed by atoms with Crippen LogP contribution in [0.25, 0.3) is 67.0 Å². The smallest absolute Gasteiger partial charge is 0.200 e. The third-order valence-electron chi connectivity index (χ3n) is 6.92. The van der Waals surface area contributed by atoms with Crippen molar-refractivity contribution < 1.29 is 4.42 Å². The molecule has 0 saturated heterocycles. The van der Waals surface area contributed by atoms with Crippen molar-refractivity contribution in [3.8, 4) is 45.0 Å². The highest BCUT2D eigenvalue weighted by Gasteiger charge is 2.15. The van der Waals surface area contributed by atoms with Crippen molar-refractivity contribution in [3.05, 3.63) is 144 Å². The molecule has 0 spiro atoms. The molecule has 0 bridgehead atoms. The molecule has 184 valence electrons. The van der Waals surface area contributed by atoms with Gasteiger partial charge in [0.05, 0.1) is 22.2 Å². The van der Waals surface area contributed by atoms with Gasteiger partial charge in [-0.1, -0.05) is 103 Å². The number of para-hydroxylation sites is 1. The first-order chi connectivity index (χ1) is 19.2. The summed E-state index contributed by atoms with van der Waals surface area (Å²) < 4.78 is 6.04. The van der Waals surface area contributed by atoms with E-state index >= 15 is 0 Å². The molecule has 0 amide bonds. The zero-order valence-corrected chi connectivity index (χ0v) is 20.9. The molecule has 7 aromatic rings.